The molecule has 0 saturated heterocycles. The molecule has 2 aliphatic rings. The standard InChI is InChI=1S/C26H32/c1-25(2,3)24-13-6-5-11-22(24)21-12-9-10-20-16-19(17-23(20)21)18-26(4)14-7-8-15-26/h5-6,9-13,17H,7-8,14-16,18H2,1-4H3. The summed E-state index contributed by atoms with van der Waals surface area (Å²) in [6.07, 6.45) is 10.6. The fraction of sp³-hybridized carbons (Fsp3) is 0.462. The van der Waals surface area contributed by atoms with Crippen LogP contribution >= 0.6 is 0 Å². The summed E-state index contributed by atoms with van der Waals surface area (Å²) in [6, 6.07) is 15.9. The van der Waals surface area contributed by atoms with E-state index < -0.39 is 0 Å². The highest BCUT2D eigenvalue weighted by Gasteiger charge is 2.31. The average Bonchev–Trinajstić information content (AvgIpc) is 3.19. The quantitative estimate of drug-likeness (QED) is 0.539. The number of fused-ring (bicyclic) bond motifs is 1. The highest BCUT2D eigenvalue weighted by molar-refractivity contribution is 5.82. The molecule has 136 valence electrons. The first-order chi connectivity index (χ1) is 12.4. The molecule has 0 heterocycles. The summed E-state index contributed by atoms with van der Waals surface area (Å²) in [4.78, 5) is 0. The number of benzene rings is 2. The summed E-state index contributed by atoms with van der Waals surface area (Å²) in [5.41, 5.74) is 9.59. The summed E-state index contributed by atoms with van der Waals surface area (Å²) in [7, 11) is 0. The van der Waals surface area contributed by atoms with Gasteiger partial charge in [-0.25, -0.2) is 0 Å². The van der Waals surface area contributed by atoms with E-state index in [0.29, 0.717) is 5.41 Å². The summed E-state index contributed by atoms with van der Waals surface area (Å²) >= 11 is 0. The van der Waals surface area contributed by atoms with Crippen molar-refractivity contribution in [3.05, 3.63) is 64.7 Å². The third kappa shape index (κ3) is 3.27. The van der Waals surface area contributed by atoms with Crippen LogP contribution < -0.4 is 0 Å². The molecular weight excluding hydrogens is 312 g/mol. The van der Waals surface area contributed by atoms with Crippen molar-refractivity contribution in [2.24, 2.45) is 5.41 Å². The highest BCUT2D eigenvalue weighted by Crippen LogP contribution is 2.46. The molecule has 0 aliphatic heterocycles. The minimum atomic E-state index is 0.155. The van der Waals surface area contributed by atoms with Gasteiger partial charge >= 0.3 is 0 Å². The lowest BCUT2D eigenvalue weighted by molar-refractivity contribution is 0.333. The van der Waals surface area contributed by atoms with Crippen molar-refractivity contribution in [1.29, 1.82) is 0 Å². The first-order valence-electron chi connectivity index (χ1n) is 10.3. The third-order valence-corrected chi connectivity index (χ3v) is 6.45. The van der Waals surface area contributed by atoms with Crippen LogP contribution in [0.4, 0.5) is 0 Å². The summed E-state index contributed by atoms with van der Waals surface area (Å²) < 4.78 is 0. The largest absolute Gasteiger partial charge is 0.0646 e. The Kier molecular flexibility index (Phi) is 4.34. The fourth-order valence-corrected chi connectivity index (χ4v) is 5.11. The van der Waals surface area contributed by atoms with Crippen molar-refractivity contribution in [2.45, 2.75) is 71.6 Å². The van der Waals surface area contributed by atoms with E-state index in [1.165, 1.54) is 59.9 Å². The van der Waals surface area contributed by atoms with Gasteiger partial charge in [-0.05, 0) is 64.3 Å². The molecule has 2 aliphatic carbocycles. The van der Waals surface area contributed by atoms with Crippen molar-refractivity contribution in [3.63, 3.8) is 0 Å². The summed E-state index contributed by atoms with van der Waals surface area (Å²) in [5, 5.41) is 0. The van der Waals surface area contributed by atoms with Crippen LogP contribution in [0.3, 0.4) is 0 Å². The maximum Gasteiger partial charge on any atom is -0.00574 e. The molecule has 0 heteroatoms. The zero-order valence-electron chi connectivity index (χ0n) is 16.9. The van der Waals surface area contributed by atoms with Crippen LogP contribution in [0.1, 0.15) is 76.5 Å². The molecule has 2 aromatic rings. The van der Waals surface area contributed by atoms with Gasteiger partial charge in [-0.1, -0.05) is 94.7 Å². The van der Waals surface area contributed by atoms with Crippen molar-refractivity contribution in [2.75, 3.05) is 0 Å². The Hall–Kier alpha value is -1.82. The van der Waals surface area contributed by atoms with Gasteiger partial charge in [-0.15, -0.1) is 0 Å². The molecule has 1 fully saturated rings. The first kappa shape index (κ1) is 17.6. The maximum atomic E-state index is 2.52. The molecule has 26 heavy (non-hydrogen) atoms. The average molecular weight is 345 g/mol. The van der Waals surface area contributed by atoms with E-state index >= 15 is 0 Å². The lowest BCUT2D eigenvalue weighted by Gasteiger charge is -2.24. The Bertz CT molecular complexity index is 839. The van der Waals surface area contributed by atoms with E-state index in [1.54, 1.807) is 5.57 Å². The van der Waals surface area contributed by atoms with Crippen molar-refractivity contribution in [1.82, 2.24) is 0 Å². The zero-order chi connectivity index (χ0) is 18.4. The fourth-order valence-electron chi connectivity index (χ4n) is 5.11. The van der Waals surface area contributed by atoms with Crippen LogP contribution in [-0.4, -0.2) is 0 Å². The Morgan fingerprint density at radius 1 is 0.885 bits per heavy atom. The zero-order valence-corrected chi connectivity index (χ0v) is 16.9. The SMILES string of the molecule is CC1(CC2=Cc3c(cccc3-c3ccccc3C(C)(C)C)C2)CCCC1. The van der Waals surface area contributed by atoms with Gasteiger partial charge in [0.25, 0.3) is 0 Å². The van der Waals surface area contributed by atoms with Crippen LogP contribution in [0.15, 0.2) is 48.0 Å². The summed E-state index contributed by atoms with van der Waals surface area (Å²) in [5.74, 6) is 0. The van der Waals surface area contributed by atoms with Gasteiger partial charge < -0.3 is 0 Å². The van der Waals surface area contributed by atoms with Gasteiger partial charge in [-0.2, -0.15) is 0 Å². The normalized spacial score (nSPS) is 18.7. The lowest BCUT2D eigenvalue weighted by atomic mass is 9.81. The molecule has 0 bridgehead atoms. The number of allylic oxidation sites excluding steroid dienone is 1. The second-order valence-corrected chi connectivity index (χ2v) is 9.85. The van der Waals surface area contributed by atoms with Crippen LogP contribution in [0.2, 0.25) is 0 Å². The van der Waals surface area contributed by atoms with E-state index in [4.69, 9.17) is 0 Å². The lowest BCUT2D eigenvalue weighted by Crippen LogP contribution is -2.12. The van der Waals surface area contributed by atoms with Gasteiger partial charge in [-0.3, -0.25) is 0 Å². The van der Waals surface area contributed by atoms with Gasteiger partial charge in [0.1, 0.15) is 0 Å². The molecule has 0 aromatic heterocycles. The molecule has 0 N–H and O–H groups in total. The minimum Gasteiger partial charge on any atom is -0.0646 e. The number of hydrogen-bond acceptors (Lipinski definition) is 0. The van der Waals surface area contributed by atoms with Gasteiger partial charge in [0, 0.05) is 0 Å². The smallest absolute Gasteiger partial charge is 0.00574 e. The van der Waals surface area contributed by atoms with Crippen molar-refractivity contribution >= 4 is 6.08 Å². The van der Waals surface area contributed by atoms with E-state index in [9.17, 15) is 0 Å². The van der Waals surface area contributed by atoms with E-state index in [0.717, 1.165) is 6.42 Å². The Morgan fingerprint density at radius 3 is 2.31 bits per heavy atom. The van der Waals surface area contributed by atoms with E-state index in [-0.39, 0.29) is 5.41 Å². The van der Waals surface area contributed by atoms with Crippen molar-refractivity contribution < 1.29 is 0 Å². The molecule has 0 nitrogen and oxygen atoms in total. The molecule has 0 amide bonds. The van der Waals surface area contributed by atoms with Crippen LogP contribution in [-0.2, 0) is 11.8 Å². The molecule has 2 aromatic carbocycles. The third-order valence-electron chi connectivity index (χ3n) is 6.45. The molecule has 0 unspecified atom stereocenters. The number of rotatable bonds is 3. The molecule has 0 radical (unpaired) electrons. The first-order valence-corrected chi connectivity index (χ1v) is 10.3. The summed E-state index contributed by atoms with van der Waals surface area (Å²) in [6.45, 7) is 9.45. The van der Waals surface area contributed by atoms with Crippen LogP contribution in [0.25, 0.3) is 17.2 Å². The molecule has 0 atom stereocenters. The topological polar surface area (TPSA) is 0 Å². The maximum absolute atomic E-state index is 2.52. The molecular formula is C26H32. The Morgan fingerprint density at radius 2 is 1.58 bits per heavy atom. The number of hydrogen-bond donors (Lipinski definition) is 0. The molecule has 1 saturated carbocycles. The van der Waals surface area contributed by atoms with Gasteiger partial charge in [0.05, 0.1) is 0 Å². The second-order valence-electron chi connectivity index (χ2n) is 9.85. The van der Waals surface area contributed by atoms with E-state index in [2.05, 4.69) is 76.2 Å². The van der Waals surface area contributed by atoms with Crippen LogP contribution in [0.5, 0.6) is 0 Å². The van der Waals surface area contributed by atoms with E-state index in [1.807, 2.05) is 0 Å². The second kappa shape index (κ2) is 6.41. The Labute approximate surface area is 159 Å². The van der Waals surface area contributed by atoms with Gasteiger partial charge in [0.2, 0.25) is 0 Å². The molecule has 0 spiro atoms. The monoisotopic (exact) mass is 344 g/mol. The highest BCUT2D eigenvalue weighted by atomic mass is 14.4. The van der Waals surface area contributed by atoms with Crippen LogP contribution in [0, 0.1) is 5.41 Å². The van der Waals surface area contributed by atoms with Crippen molar-refractivity contribution in [3.8, 4) is 11.1 Å². The predicted molar refractivity (Wildman–Crippen MR) is 113 cm³/mol. The molecule has 4 rings (SSSR count). The Balaban J connectivity index is 1.74. The van der Waals surface area contributed by atoms with Gasteiger partial charge in [0.15, 0.2) is 0 Å². The predicted octanol–water partition coefficient (Wildman–Crippen LogP) is 7.56. The minimum absolute atomic E-state index is 0.155.